The van der Waals surface area contributed by atoms with E-state index in [9.17, 15) is 14.9 Å². The topological polar surface area (TPSA) is 119 Å². The average molecular weight is 553 g/mol. The maximum Gasteiger partial charge on any atom is 0.419 e. The summed E-state index contributed by atoms with van der Waals surface area (Å²) >= 11 is 0. The fourth-order valence-corrected chi connectivity index (χ4v) is 5.21. The number of likely N-dealkylation sites (N-methyl/N-ethyl adjacent to an activating group) is 1. The molecule has 0 spiro atoms. The summed E-state index contributed by atoms with van der Waals surface area (Å²) in [5, 5.41) is 15.2. The lowest BCUT2D eigenvalue weighted by atomic mass is 9.98. The molecule has 0 bridgehead atoms. The van der Waals surface area contributed by atoms with E-state index in [4.69, 9.17) is 13.9 Å². The molecule has 3 rings (SSSR count). The minimum absolute atomic E-state index is 0.00364. The number of amides is 1. The molecule has 4 atom stereocenters. The summed E-state index contributed by atoms with van der Waals surface area (Å²) in [4.78, 5) is 25.1. The Morgan fingerprint density at radius 3 is 2.54 bits per heavy atom. The number of benzene rings is 2. The Labute approximate surface area is 232 Å². The molecule has 39 heavy (non-hydrogen) atoms. The highest BCUT2D eigenvalue weighted by Crippen LogP contribution is 2.25. The van der Waals surface area contributed by atoms with E-state index in [1.807, 2.05) is 57.3 Å². The van der Waals surface area contributed by atoms with Gasteiger partial charge in [-0.25, -0.2) is 4.79 Å². The van der Waals surface area contributed by atoms with E-state index in [-0.39, 0.29) is 17.9 Å². The predicted octanol–water partition coefficient (Wildman–Crippen LogP) is 2.10. The van der Waals surface area contributed by atoms with Gasteiger partial charge < -0.3 is 24.5 Å². The average Bonchev–Trinajstić information content (AvgIpc) is 3.22. The van der Waals surface area contributed by atoms with E-state index in [1.54, 1.807) is 20.2 Å². The van der Waals surface area contributed by atoms with Crippen molar-refractivity contribution in [3.63, 3.8) is 0 Å². The van der Waals surface area contributed by atoms with Crippen LogP contribution >= 0.6 is 0 Å². The number of methoxy groups -OCH3 is 1. The minimum atomic E-state index is -0.969. The van der Waals surface area contributed by atoms with E-state index in [1.165, 1.54) is 4.57 Å². The zero-order chi connectivity index (χ0) is 28.6. The summed E-state index contributed by atoms with van der Waals surface area (Å²) in [6, 6.07) is 15.9. The molecule has 0 aliphatic carbocycles. The van der Waals surface area contributed by atoms with E-state index >= 15 is 0 Å². The van der Waals surface area contributed by atoms with Gasteiger partial charge in [-0.1, -0.05) is 50.6 Å². The first-order valence-corrected chi connectivity index (χ1v) is 14.4. The highest BCUT2D eigenvalue weighted by molar-refractivity contribution is 6.19. The SMILES string of the molecule is CCC(C)C(OCCC(CNC)OC)C(=O)N[C@@]([SiH3])(C#N)Cc1ccc(-c2ccc3oc(=O)n(C)c3c2)cc1. The largest absolute Gasteiger partial charge is 0.419 e. The van der Waals surface area contributed by atoms with Crippen LogP contribution in [0.4, 0.5) is 0 Å². The van der Waals surface area contributed by atoms with Gasteiger partial charge in [0.05, 0.1) is 34.5 Å². The smallest absolute Gasteiger partial charge is 0.408 e. The molecular formula is C29H40N4O5Si. The summed E-state index contributed by atoms with van der Waals surface area (Å²) < 4.78 is 18.2. The minimum Gasteiger partial charge on any atom is -0.408 e. The van der Waals surface area contributed by atoms with E-state index < -0.39 is 17.0 Å². The summed E-state index contributed by atoms with van der Waals surface area (Å²) in [6.07, 6.45) is 1.21. The number of hydrogen-bond acceptors (Lipinski definition) is 7. The summed E-state index contributed by atoms with van der Waals surface area (Å²) in [7, 11) is 5.66. The molecule has 0 aliphatic heterocycles. The van der Waals surface area contributed by atoms with Gasteiger partial charge in [0.25, 0.3) is 0 Å². The standard InChI is InChI=1S/C29H40N4O5Si/c1-6-19(2)26(37-14-13-23(36-5)17-31-3)27(34)32-29(39,18-30)16-20-7-9-21(10-8-20)22-11-12-25-24(15-22)33(4)28(35)38-25/h7-12,15,19,23,26,31H,6,13-14,16-17H2,1-5,39H3,(H,32,34)/t19?,23?,26?,29-/m0/s1. The number of nitrogens with one attached hydrogen (secondary N) is 2. The van der Waals surface area contributed by atoms with Crippen molar-refractivity contribution in [3.05, 3.63) is 58.6 Å². The van der Waals surface area contributed by atoms with E-state index in [0.717, 1.165) is 28.6 Å². The Hall–Kier alpha value is -3.23. The molecule has 0 radical (unpaired) electrons. The van der Waals surface area contributed by atoms with Crippen LogP contribution in [0.5, 0.6) is 0 Å². The van der Waals surface area contributed by atoms with Crippen LogP contribution in [0, 0.1) is 17.2 Å². The molecule has 1 heterocycles. The van der Waals surface area contributed by atoms with Crippen molar-refractivity contribution in [2.24, 2.45) is 13.0 Å². The third kappa shape index (κ3) is 7.67. The quantitative estimate of drug-likeness (QED) is 0.294. The molecule has 2 N–H and O–H groups in total. The first-order valence-electron chi connectivity index (χ1n) is 13.4. The second-order valence-corrected chi connectivity index (χ2v) is 12.0. The van der Waals surface area contributed by atoms with Crippen LogP contribution in [0.25, 0.3) is 22.2 Å². The van der Waals surface area contributed by atoms with E-state index in [0.29, 0.717) is 41.8 Å². The summed E-state index contributed by atoms with van der Waals surface area (Å²) in [5.41, 5.74) is 4.15. The number of rotatable bonds is 14. The number of nitrogens with zero attached hydrogens (tertiary/aromatic N) is 2. The van der Waals surface area contributed by atoms with Crippen molar-refractivity contribution in [1.82, 2.24) is 15.2 Å². The summed E-state index contributed by atoms with van der Waals surface area (Å²) in [6.45, 7) is 5.11. The molecule has 2 aromatic carbocycles. The molecule has 3 unspecified atom stereocenters. The zero-order valence-electron chi connectivity index (χ0n) is 23.7. The number of nitriles is 1. The molecule has 0 fully saturated rings. The number of fused-ring (bicyclic) bond motifs is 1. The molecule has 3 aromatic rings. The number of ether oxygens (including phenoxy) is 2. The number of carbonyl (C=O) groups is 1. The number of aromatic nitrogens is 1. The van der Waals surface area contributed by atoms with Crippen molar-refractivity contribution >= 4 is 27.2 Å². The van der Waals surface area contributed by atoms with Crippen LogP contribution in [-0.2, 0) is 27.7 Å². The molecular weight excluding hydrogens is 512 g/mol. The molecule has 0 saturated heterocycles. The van der Waals surface area contributed by atoms with Crippen LogP contribution < -0.4 is 16.4 Å². The van der Waals surface area contributed by atoms with Crippen molar-refractivity contribution in [3.8, 4) is 17.2 Å². The Bertz CT molecular complexity index is 1350. The molecule has 9 nitrogen and oxygen atoms in total. The maximum atomic E-state index is 13.3. The van der Waals surface area contributed by atoms with Crippen LogP contribution in [0.15, 0.2) is 51.7 Å². The second kappa shape index (κ2) is 13.7. The van der Waals surface area contributed by atoms with Crippen LogP contribution in [0.1, 0.15) is 32.3 Å². The zero-order valence-corrected chi connectivity index (χ0v) is 25.7. The fourth-order valence-electron chi connectivity index (χ4n) is 4.55. The molecule has 1 aromatic heterocycles. The van der Waals surface area contributed by atoms with Gasteiger partial charge in [-0.2, -0.15) is 5.26 Å². The van der Waals surface area contributed by atoms with Crippen molar-refractivity contribution < 1.29 is 18.7 Å². The molecule has 1 amide bonds. The summed E-state index contributed by atoms with van der Waals surface area (Å²) in [5.74, 6) is -0.640. The Balaban J connectivity index is 1.69. The molecule has 0 aliphatic rings. The van der Waals surface area contributed by atoms with Crippen molar-refractivity contribution in [2.45, 2.75) is 50.5 Å². The first kappa shape index (κ1) is 30.3. The molecule has 0 saturated carbocycles. The highest BCUT2D eigenvalue weighted by atomic mass is 28.1. The Morgan fingerprint density at radius 1 is 1.23 bits per heavy atom. The van der Waals surface area contributed by atoms with Gasteiger partial charge >= 0.3 is 5.76 Å². The van der Waals surface area contributed by atoms with Crippen molar-refractivity contribution in [2.75, 3.05) is 27.3 Å². The lowest BCUT2D eigenvalue weighted by Gasteiger charge is -2.29. The van der Waals surface area contributed by atoms with Gasteiger partial charge in [-0.15, -0.1) is 0 Å². The maximum absolute atomic E-state index is 13.3. The van der Waals surface area contributed by atoms with Gasteiger partial charge in [-0.3, -0.25) is 9.36 Å². The number of aryl methyl sites for hydroxylation is 1. The molecule has 210 valence electrons. The first-order chi connectivity index (χ1) is 18.6. The second-order valence-electron chi connectivity index (χ2n) is 10.3. The van der Waals surface area contributed by atoms with Crippen LogP contribution in [-0.4, -0.2) is 65.4 Å². The Morgan fingerprint density at radius 2 is 1.92 bits per heavy atom. The van der Waals surface area contributed by atoms with Gasteiger partial charge in [0.2, 0.25) is 5.91 Å². The number of oxazole rings is 1. The van der Waals surface area contributed by atoms with Crippen LogP contribution in [0.2, 0.25) is 0 Å². The lowest BCUT2D eigenvalue weighted by Crippen LogP contribution is -2.54. The fraction of sp³-hybridized carbons (Fsp3) is 0.483. The Kier molecular flexibility index (Phi) is 10.7. The third-order valence-corrected chi connectivity index (χ3v) is 8.03. The number of hydrogen-bond donors (Lipinski definition) is 2. The van der Waals surface area contributed by atoms with Gasteiger partial charge in [-0.05, 0) is 48.2 Å². The monoisotopic (exact) mass is 552 g/mol. The van der Waals surface area contributed by atoms with Crippen LogP contribution in [0.3, 0.4) is 0 Å². The van der Waals surface area contributed by atoms with Gasteiger partial charge in [0.15, 0.2) is 5.58 Å². The molecule has 10 heteroatoms. The van der Waals surface area contributed by atoms with Gasteiger partial charge in [0.1, 0.15) is 11.3 Å². The third-order valence-electron chi connectivity index (χ3n) is 7.20. The van der Waals surface area contributed by atoms with Crippen molar-refractivity contribution in [1.29, 1.82) is 5.26 Å². The lowest BCUT2D eigenvalue weighted by molar-refractivity contribution is -0.137. The van der Waals surface area contributed by atoms with Gasteiger partial charge in [0, 0.05) is 27.1 Å². The predicted molar refractivity (Wildman–Crippen MR) is 156 cm³/mol. The normalized spacial score (nSPS) is 15.4. The highest BCUT2D eigenvalue weighted by Gasteiger charge is 2.32. The number of carbonyl (C=O) groups excluding carboxylic acids is 1. The van der Waals surface area contributed by atoms with E-state index in [2.05, 4.69) is 16.7 Å².